The number of carbonyl (C=O) groups is 3. The molecular weight excluding hydrogens is 258 g/mol. The molecule has 0 aliphatic rings. The van der Waals surface area contributed by atoms with Crippen molar-refractivity contribution in [2.75, 3.05) is 0 Å². The third-order valence-electron chi connectivity index (χ3n) is 1.59. The van der Waals surface area contributed by atoms with Crippen LogP contribution in [-0.2, 0) is 14.3 Å². The van der Waals surface area contributed by atoms with Gasteiger partial charge in [-0.25, -0.2) is 4.79 Å². The van der Waals surface area contributed by atoms with Crippen molar-refractivity contribution < 1.29 is 29.2 Å². The number of nitrogens with zero attached hydrogens (tertiary/aromatic N) is 1. The van der Waals surface area contributed by atoms with Crippen LogP contribution in [0, 0.1) is 10.1 Å². The van der Waals surface area contributed by atoms with Crippen molar-refractivity contribution in [1.82, 2.24) is 0 Å². The minimum atomic E-state index is -1.17. The van der Waals surface area contributed by atoms with Crippen LogP contribution in [0.25, 0.3) is 0 Å². The Morgan fingerprint density at radius 1 is 1.21 bits per heavy atom. The third kappa shape index (κ3) is 7.21. The second kappa shape index (κ2) is 7.54. The number of hydrogen-bond donors (Lipinski definition) is 1. The van der Waals surface area contributed by atoms with Crippen LogP contribution < -0.4 is 0 Å². The van der Waals surface area contributed by atoms with Crippen LogP contribution in [0.3, 0.4) is 0 Å². The second-order valence-corrected chi connectivity index (χ2v) is 3.20. The summed E-state index contributed by atoms with van der Waals surface area (Å²) in [6, 6.07) is 4.89. The van der Waals surface area contributed by atoms with Crippen LogP contribution in [0.5, 0.6) is 0 Å². The smallest absolute Gasteiger partial charge is 0.335 e. The molecule has 8 nitrogen and oxygen atoms in total. The summed E-state index contributed by atoms with van der Waals surface area (Å²) in [5, 5.41) is 18.7. The Balaban J connectivity index is 0.000000399. The molecule has 1 aromatic rings. The molecule has 1 N–H and O–H groups in total. The van der Waals surface area contributed by atoms with Crippen LogP contribution in [-0.4, -0.2) is 27.9 Å². The third-order valence-corrected chi connectivity index (χ3v) is 1.59. The molecule has 0 saturated heterocycles. The van der Waals surface area contributed by atoms with E-state index < -0.39 is 22.8 Å². The minimum Gasteiger partial charge on any atom is -0.478 e. The normalized spacial score (nSPS) is 8.74. The number of benzene rings is 1. The zero-order chi connectivity index (χ0) is 15.0. The molecule has 0 radical (unpaired) electrons. The molecule has 1 aromatic carbocycles. The molecule has 0 aromatic heterocycles. The van der Waals surface area contributed by atoms with E-state index in [0.717, 1.165) is 6.07 Å². The number of nitro groups is 1. The van der Waals surface area contributed by atoms with Crippen LogP contribution in [0.15, 0.2) is 24.3 Å². The topological polar surface area (TPSA) is 124 Å². The van der Waals surface area contributed by atoms with Gasteiger partial charge in [0, 0.05) is 26.0 Å². The number of esters is 2. The molecule has 0 aliphatic heterocycles. The average Bonchev–Trinajstić information content (AvgIpc) is 2.28. The van der Waals surface area contributed by atoms with Gasteiger partial charge in [-0.3, -0.25) is 19.7 Å². The molecule has 0 atom stereocenters. The molecule has 0 saturated carbocycles. The van der Waals surface area contributed by atoms with E-state index in [4.69, 9.17) is 5.11 Å². The fraction of sp³-hybridized carbons (Fsp3) is 0.182. The van der Waals surface area contributed by atoms with Crippen LogP contribution in [0.4, 0.5) is 5.69 Å². The number of aromatic carboxylic acids is 1. The molecule has 102 valence electrons. The number of rotatable bonds is 2. The lowest BCUT2D eigenvalue weighted by molar-refractivity contribution is -0.384. The molecule has 0 bridgehead atoms. The first kappa shape index (κ1) is 16.2. The summed E-state index contributed by atoms with van der Waals surface area (Å²) in [5.74, 6) is -2.29. The standard InChI is InChI=1S/C7H5NO4.C4H6O3/c9-7(10)5-2-1-3-6(4-5)8(11)12;1-3(5)7-4(2)6/h1-4H,(H,9,10);1-2H3. The van der Waals surface area contributed by atoms with Crippen molar-refractivity contribution in [3.05, 3.63) is 39.9 Å². The molecule has 0 unspecified atom stereocenters. The maximum absolute atomic E-state index is 10.4. The molecular formula is C11H11NO7. The predicted octanol–water partition coefficient (Wildman–Crippen LogP) is 1.39. The zero-order valence-corrected chi connectivity index (χ0v) is 10.2. The SMILES string of the molecule is CC(=O)OC(C)=O.O=C(O)c1cccc([N+](=O)[O-])c1. The van der Waals surface area contributed by atoms with Gasteiger partial charge in [0.1, 0.15) is 0 Å². The van der Waals surface area contributed by atoms with Crippen molar-refractivity contribution in [3.8, 4) is 0 Å². The summed E-state index contributed by atoms with van der Waals surface area (Å²) in [4.78, 5) is 39.5. The second-order valence-electron chi connectivity index (χ2n) is 3.20. The lowest BCUT2D eigenvalue weighted by atomic mass is 10.2. The van der Waals surface area contributed by atoms with Crippen molar-refractivity contribution in [1.29, 1.82) is 0 Å². The largest absolute Gasteiger partial charge is 0.478 e. The van der Waals surface area contributed by atoms with Crippen LogP contribution >= 0.6 is 0 Å². The highest BCUT2D eigenvalue weighted by Crippen LogP contribution is 2.12. The molecule has 0 amide bonds. The Morgan fingerprint density at radius 3 is 2.05 bits per heavy atom. The number of nitro benzene ring substituents is 1. The molecule has 0 aliphatic carbocycles. The maximum atomic E-state index is 10.4. The van der Waals surface area contributed by atoms with Crippen molar-refractivity contribution in [2.45, 2.75) is 13.8 Å². The minimum absolute atomic E-state index is 0.0794. The summed E-state index contributed by atoms with van der Waals surface area (Å²) in [7, 11) is 0. The molecule has 19 heavy (non-hydrogen) atoms. The van der Waals surface area contributed by atoms with Gasteiger partial charge in [0.05, 0.1) is 10.5 Å². The van der Waals surface area contributed by atoms with E-state index in [1.807, 2.05) is 0 Å². The van der Waals surface area contributed by atoms with Gasteiger partial charge in [0.25, 0.3) is 5.69 Å². The van der Waals surface area contributed by atoms with Gasteiger partial charge >= 0.3 is 17.9 Å². The fourth-order valence-corrected chi connectivity index (χ4v) is 0.955. The number of ether oxygens (including phenoxy) is 1. The zero-order valence-electron chi connectivity index (χ0n) is 10.2. The lowest BCUT2D eigenvalue weighted by Gasteiger charge is -1.92. The van der Waals surface area contributed by atoms with Gasteiger partial charge in [-0.1, -0.05) is 6.07 Å². The van der Waals surface area contributed by atoms with Gasteiger partial charge < -0.3 is 9.84 Å². The summed E-state index contributed by atoms with van der Waals surface area (Å²) in [6.45, 7) is 2.36. The first-order valence-electron chi connectivity index (χ1n) is 4.90. The summed E-state index contributed by atoms with van der Waals surface area (Å²) in [5.41, 5.74) is -0.292. The lowest BCUT2D eigenvalue weighted by Crippen LogP contribution is -2.03. The first-order valence-corrected chi connectivity index (χ1v) is 4.90. The summed E-state index contributed by atoms with van der Waals surface area (Å²) >= 11 is 0. The van der Waals surface area contributed by atoms with E-state index in [9.17, 15) is 24.5 Å². The number of carboxylic acid groups (broad SMARTS) is 1. The van der Waals surface area contributed by atoms with E-state index >= 15 is 0 Å². The van der Waals surface area contributed by atoms with E-state index in [-0.39, 0.29) is 11.3 Å². The highest BCUT2D eigenvalue weighted by Gasteiger charge is 2.09. The Kier molecular flexibility index (Phi) is 6.44. The van der Waals surface area contributed by atoms with E-state index in [1.165, 1.54) is 32.0 Å². The molecule has 1 rings (SSSR count). The van der Waals surface area contributed by atoms with Gasteiger partial charge in [0.15, 0.2) is 0 Å². The van der Waals surface area contributed by atoms with Gasteiger partial charge in [-0.05, 0) is 6.07 Å². The Hall–Kier alpha value is -2.77. The quantitative estimate of drug-likeness (QED) is 0.372. The summed E-state index contributed by atoms with van der Waals surface area (Å²) in [6.07, 6.45) is 0. The van der Waals surface area contributed by atoms with Gasteiger partial charge in [0.2, 0.25) is 0 Å². The molecule has 0 heterocycles. The number of carbonyl (C=O) groups excluding carboxylic acids is 2. The monoisotopic (exact) mass is 269 g/mol. The Labute approximate surface area is 107 Å². The van der Waals surface area contributed by atoms with Crippen molar-refractivity contribution in [2.24, 2.45) is 0 Å². The van der Waals surface area contributed by atoms with Crippen molar-refractivity contribution >= 4 is 23.6 Å². The van der Waals surface area contributed by atoms with E-state index in [1.54, 1.807) is 0 Å². The van der Waals surface area contributed by atoms with E-state index in [0.29, 0.717) is 0 Å². The fourth-order valence-electron chi connectivity index (χ4n) is 0.955. The Morgan fingerprint density at radius 2 is 1.74 bits per heavy atom. The average molecular weight is 269 g/mol. The number of carboxylic acids is 1. The maximum Gasteiger partial charge on any atom is 0.335 e. The first-order chi connectivity index (χ1) is 8.73. The Bertz CT molecular complexity index is 468. The molecule has 0 spiro atoms. The van der Waals surface area contributed by atoms with Crippen molar-refractivity contribution in [3.63, 3.8) is 0 Å². The highest BCUT2D eigenvalue weighted by molar-refractivity contribution is 5.88. The van der Waals surface area contributed by atoms with Gasteiger partial charge in [-0.15, -0.1) is 0 Å². The number of non-ortho nitro benzene ring substituents is 1. The van der Waals surface area contributed by atoms with Crippen LogP contribution in [0.2, 0.25) is 0 Å². The predicted molar refractivity (Wildman–Crippen MR) is 62.5 cm³/mol. The molecule has 8 heteroatoms. The van der Waals surface area contributed by atoms with E-state index in [2.05, 4.69) is 4.74 Å². The highest BCUT2D eigenvalue weighted by atomic mass is 16.6. The van der Waals surface area contributed by atoms with Gasteiger partial charge in [-0.2, -0.15) is 0 Å². The molecule has 0 fully saturated rings. The summed E-state index contributed by atoms with van der Waals surface area (Å²) < 4.78 is 3.97. The number of hydrogen-bond acceptors (Lipinski definition) is 6. The van der Waals surface area contributed by atoms with Crippen LogP contribution in [0.1, 0.15) is 24.2 Å².